The van der Waals surface area contributed by atoms with Gasteiger partial charge in [-0.25, -0.2) is 0 Å². The maximum absolute atomic E-state index is 12.7. The SMILES string of the molecule is O=C(c1ccc(Cn2cccn2)o1)N1Cc2ccccc2[C@H](O)C1. The van der Waals surface area contributed by atoms with Crippen LogP contribution in [0.2, 0.25) is 0 Å². The molecule has 3 aromatic rings. The van der Waals surface area contributed by atoms with Gasteiger partial charge in [0.25, 0.3) is 5.91 Å². The van der Waals surface area contributed by atoms with Crippen molar-refractivity contribution in [1.29, 1.82) is 0 Å². The summed E-state index contributed by atoms with van der Waals surface area (Å²) < 4.78 is 7.39. The van der Waals surface area contributed by atoms with Gasteiger partial charge in [0.1, 0.15) is 5.76 Å². The zero-order valence-corrected chi connectivity index (χ0v) is 13.0. The van der Waals surface area contributed by atoms with Gasteiger partial charge >= 0.3 is 0 Å². The van der Waals surface area contributed by atoms with Gasteiger partial charge in [0.05, 0.1) is 19.2 Å². The van der Waals surface area contributed by atoms with Crippen molar-refractivity contribution in [3.05, 3.63) is 77.5 Å². The van der Waals surface area contributed by atoms with Crippen LogP contribution in [0, 0.1) is 0 Å². The maximum Gasteiger partial charge on any atom is 0.289 e. The third-order valence-corrected chi connectivity index (χ3v) is 4.21. The van der Waals surface area contributed by atoms with Crippen LogP contribution < -0.4 is 0 Å². The molecule has 1 N–H and O–H groups in total. The molecule has 1 atom stereocenters. The second-order valence-electron chi connectivity index (χ2n) is 5.87. The molecule has 0 radical (unpaired) electrons. The van der Waals surface area contributed by atoms with Crippen LogP contribution in [-0.2, 0) is 13.1 Å². The van der Waals surface area contributed by atoms with E-state index in [-0.39, 0.29) is 18.2 Å². The molecule has 1 amide bonds. The average molecular weight is 323 g/mol. The van der Waals surface area contributed by atoms with Gasteiger partial charge in [0.2, 0.25) is 0 Å². The zero-order chi connectivity index (χ0) is 16.5. The first kappa shape index (κ1) is 14.7. The number of aliphatic hydroxyl groups is 1. The lowest BCUT2D eigenvalue weighted by molar-refractivity contribution is 0.0520. The summed E-state index contributed by atoms with van der Waals surface area (Å²) in [4.78, 5) is 14.3. The number of aromatic nitrogens is 2. The first-order chi connectivity index (χ1) is 11.7. The van der Waals surface area contributed by atoms with Gasteiger partial charge in [0.15, 0.2) is 5.76 Å². The molecule has 6 nitrogen and oxygen atoms in total. The number of fused-ring (bicyclic) bond motifs is 1. The van der Waals surface area contributed by atoms with E-state index in [1.54, 1.807) is 27.9 Å². The second kappa shape index (κ2) is 5.98. The van der Waals surface area contributed by atoms with Gasteiger partial charge in [-0.2, -0.15) is 5.10 Å². The Morgan fingerprint density at radius 2 is 2.12 bits per heavy atom. The predicted molar refractivity (Wildman–Crippen MR) is 86.2 cm³/mol. The van der Waals surface area contributed by atoms with Crippen LogP contribution in [0.5, 0.6) is 0 Å². The molecule has 1 aliphatic rings. The molecule has 0 spiro atoms. The topological polar surface area (TPSA) is 71.5 Å². The number of hydrogen-bond donors (Lipinski definition) is 1. The molecular weight excluding hydrogens is 306 g/mol. The number of nitrogens with zero attached hydrogens (tertiary/aromatic N) is 3. The smallest absolute Gasteiger partial charge is 0.289 e. The number of β-amino-alcohol motifs (C(OH)–C–C–N with tert-alkyl or cyclic N) is 1. The highest BCUT2D eigenvalue weighted by molar-refractivity contribution is 5.91. The number of benzene rings is 1. The highest BCUT2D eigenvalue weighted by Crippen LogP contribution is 2.27. The number of carbonyl (C=O) groups excluding carboxylic acids is 1. The Hall–Kier alpha value is -2.86. The number of rotatable bonds is 3. The Balaban J connectivity index is 1.51. The molecule has 0 saturated heterocycles. The Morgan fingerprint density at radius 3 is 2.96 bits per heavy atom. The molecule has 4 rings (SSSR count). The van der Waals surface area contributed by atoms with E-state index in [9.17, 15) is 9.90 Å². The van der Waals surface area contributed by atoms with Crippen molar-refractivity contribution in [2.24, 2.45) is 0 Å². The van der Waals surface area contributed by atoms with Crippen LogP contribution >= 0.6 is 0 Å². The number of carbonyl (C=O) groups is 1. The normalized spacial score (nSPS) is 16.9. The first-order valence-corrected chi connectivity index (χ1v) is 7.82. The van der Waals surface area contributed by atoms with Crippen LogP contribution in [0.15, 0.2) is 59.3 Å². The molecule has 0 bridgehead atoms. The standard InChI is InChI=1S/C18H17N3O3/c22-16-12-20(10-13-4-1-2-5-15(13)16)18(23)17-7-6-14(24-17)11-21-9-3-8-19-21/h1-9,16,22H,10-12H2/t16-/m1/s1. The summed E-state index contributed by atoms with van der Waals surface area (Å²) in [5.41, 5.74) is 1.85. The Bertz CT molecular complexity index is 854. The van der Waals surface area contributed by atoms with E-state index in [0.717, 1.165) is 11.1 Å². The molecule has 1 aliphatic heterocycles. The first-order valence-electron chi connectivity index (χ1n) is 7.82. The van der Waals surface area contributed by atoms with E-state index in [4.69, 9.17) is 4.42 Å². The molecule has 1 aromatic carbocycles. The molecule has 122 valence electrons. The van der Waals surface area contributed by atoms with Crippen molar-refractivity contribution in [3.63, 3.8) is 0 Å². The van der Waals surface area contributed by atoms with Crippen molar-refractivity contribution in [2.75, 3.05) is 6.54 Å². The maximum atomic E-state index is 12.7. The summed E-state index contributed by atoms with van der Waals surface area (Å²) in [5.74, 6) is 0.735. The summed E-state index contributed by atoms with van der Waals surface area (Å²) >= 11 is 0. The predicted octanol–water partition coefficient (Wildman–Crippen LogP) is 2.21. The summed E-state index contributed by atoms with van der Waals surface area (Å²) in [7, 11) is 0. The molecule has 0 saturated carbocycles. The van der Waals surface area contributed by atoms with Crippen molar-refractivity contribution in [2.45, 2.75) is 19.2 Å². The highest BCUT2D eigenvalue weighted by Gasteiger charge is 2.28. The van der Waals surface area contributed by atoms with Gasteiger partial charge in [-0.05, 0) is 29.3 Å². The fourth-order valence-electron chi connectivity index (χ4n) is 3.02. The van der Waals surface area contributed by atoms with E-state index in [2.05, 4.69) is 5.10 Å². The largest absolute Gasteiger partial charge is 0.454 e. The third-order valence-electron chi connectivity index (χ3n) is 4.21. The molecule has 2 aromatic heterocycles. The summed E-state index contributed by atoms with van der Waals surface area (Å²) in [5, 5.41) is 14.4. The molecule has 0 fully saturated rings. The number of amides is 1. The Kier molecular flexibility index (Phi) is 3.66. The summed E-state index contributed by atoms with van der Waals surface area (Å²) in [6.45, 7) is 1.22. The van der Waals surface area contributed by atoms with E-state index in [1.165, 1.54) is 0 Å². The third kappa shape index (κ3) is 2.72. The fraction of sp³-hybridized carbons (Fsp3) is 0.222. The summed E-state index contributed by atoms with van der Waals surface area (Å²) in [6.07, 6.45) is 2.86. The van der Waals surface area contributed by atoms with Crippen LogP contribution in [0.4, 0.5) is 0 Å². The molecule has 6 heteroatoms. The molecule has 24 heavy (non-hydrogen) atoms. The minimum Gasteiger partial charge on any atom is -0.454 e. The second-order valence-corrected chi connectivity index (χ2v) is 5.87. The van der Waals surface area contributed by atoms with Gasteiger partial charge in [0, 0.05) is 18.9 Å². The van der Waals surface area contributed by atoms with Crippen molar-refractivity contribution < 1.29 is 14.3 Å². The molecule has 0 aliphatic carbocycles. The van der Waals surface area contributed by atoms with Gasteiger partial charge in [-0.15, -0.1) is 0 Å². The van der Waals surface area contributed by atoms with Crippen LogP contribution in [0.3, 0.4) is 0 Å². The quantitative estimate of drug-likeness (QED) is 0.802. The van der Waals surface area contributed by atoms with Gasteiger partial charge in [-0.3, -0.25) is 9.48 Å². The van der Waals surface area contributed by atoms with E-state index >= 15 is 0 Å². The minimum absolute atomic E-state index is 0.213. The number of hydrogen-bond acceptors (Lipinski definition) is 4. The molecule has 3 heterocycles. The van der Waals surface area contributed by atoms with E-state index in [0.29, 0.717) is 18.8 Å². The van der Waals surface area contributed by atoms with E-state index in [1.807, 2.05) is 36.5 Å². The molecule has 0 unspecified atom stereocenters. The van der Waals surface area contributed by atoms with Crippen LogP contribution in [0.1, 0.15) is 33.5 Å². The zero-order valence-electron chi connectivity index (χ0n) is 13.0. The highest BCUT2D eigenvalue weighted by atomic mass is 16.4. The Labute approximate surface area is 138 Å². The summed E-state index contributed by atoms with van der Waals surface area (Å²) in [6, 6.07) is 12.9. The van der Waals surface area contributed by atoms with Crippen LogP contribution in [0.25, 0.3) is 0 Å². The van der Waals surface area contributed by atoms with Crippen molar-refractivity contribution >= 4 is 5.91 Å². The van der Waals surface area contributed by atoms with Crippen LogP contribution in [-0.4, -0.2) is 32.2 Å². The monoisotopic (exact) mass is 323 g/mol. The fourth-order valence-corrected chi connectivity index (χ4v) is 3.02. The lowest BCUT2D eigenvalue weighted by atomic mass is 9.97. The van der Waals surface area contributed by atoms with Crippen molar-refractivity contribution in [1.82, 2.24) is 14.7 Å². The minimum atomic E-state index is -0.669. The lowest BCUT2D eigenvalue weighted by Crippen LogP contribution is -2.38. The van der Waals surface area contributed by atoms with Gasteiger partial charge in [-0.1, -0.05) is 24.3 Å². The lowest BCUT2D eigenvalue weighted by Gasteiger charge is -2.31. The Morgan fingerprint density at radius 1 is 1.25 bits per heavy atom. The van der Waals surface area contributed by atoms with Crippen molar-refractivity contribution in [3.8, 4) is 0 Å². The van der Waals surface area contributed by atoms with E-state index < -0.39 is 6.10 Å². The number of aliphatic hydroxyl groups excluding tert-OH is 1. The number of furan rings is 1. The van der Waals surface area contributed by atoms with Gasteiger partial charge < -0.3 is 14.4 Å². The average Bonchev–Trinajstić information content (AvgIpc) is 3.26. The molecular formula is C18H17N3O3.